The minimum absolute atomic E-state index is 0.506. The molecular weight excluding hydrogens is 228 g/mol. The van der Waals surface area contributed by atoms with Gasteiger partial charge in [-0.1, -0.05) is 0 Å². The van der Waals surface area contributed by atoms with E-state index in [1.54, 1.807) is 23.3 Å². The maximum atomic E-state index is 6.04. The summed E-state index contributed by atoms with van der Waals surface area (Å²) in [5.41, 5.74) is 6.96. The van der Waals surface area contributed by atoms with Gasteiger partial charge in [0, 0.05) is 25.0 Å². The Labute approximate surface area is 105 Å². The summed E-state index contributed by atoms with van der Waals surface area (Å²) in [5.74, 6) is 1.03. The van der Waals surface area contributed by atoms with Crippen molar-refractivity contribution in [2.75, 3.05) is 17.2 Å². The molecule has 1 aliphatic heterocycles. The van der Waals surface area contributed by atoms with E-state index in [9.17, 15) is 0 Å². The van der Waals surface area contributed by atoms with Gasteiger partial charge < -0.3 is 10.6 Å². The second-order valence-electron chi connectivity index (χ2n) is 4.58. The molecule has 0 amide bonds. The molecule has 0 radical (unpaired) electrons. The summed E-state index contributed by atoms with van der Waals surface area (Å²) in [6.07, 6.45) is 7.67. The van der Waals surface area contributed by atoms with Gasteiger partial charge in [0.25, 0.3) is 5.95 Å². The van der Waals surface area contributed by atoms with E-state index >= 15 is 0 Å². The van der Waals surface area contributed by atoms with E-state index in [-0.39, 0.29) is 0 Å². The number of nitrogens with zero attached hydrogens (tertiary/aromatic N) is 5. The van der Waals surface area contributed by atoms with Gasteiger partial charge in [0.15, 0.2) is 5.82 Å². The predicted octanol–water partition coefficient (Wildman–Crippen LogP) is 1.23. The van der Waals surface area contributed by atoms with E-state index in [1.807, 2.05) is 6.07 Å². The molecule has 0 bridgehead atoms. The number of hydrogen-bond donors (Lipinski definition) is 1. The fraction of sp³-hybridized carbons (Fsp3) is 0.417. The molecule has 3 heterocycles. The Morgan fingerprint density at radius 1 is 1.44 bits per heavy atom. The van der Waals surface area contributed by atoms with Crippen LogP contribution in [0.5, 0.6) is 0 Å². The molecule has 2 aromatic heterocycles. The second kappa shape index (κ2) is 4.29. The molecule has 2 aromatic rings. The van der Waals surface area contributed by atoms with Gasteiger partial charge in [-0.2, -0.15) is 10.1 Å². The highest BCUT2D eigenvalue weighted by molar-refractivity contribution is 5.63. The Balaban J connectivity index is 1.94. The highest BCUT2D eigenvalue weighted by Crippen LogP contribution is 2.28. The summed E-state index contributed by atoms with van der Waals surface area (Å²) in [7, 11) is 0. The monoisotopic (exact) mass is 244 g/mol. The van der Waals surface area contributed by atoms with Crippen molar-refractivity contribution in [2.24, 2.45) is 0 Å². The van der Waals surface area contributed by atoms with Gasteiger partial charge in [0.05, 0.1) is 11.9 Å². The smallest absolute Gasteiger partial charge is 0.252 e. The lowest BCUT2D eigenvalue weighted by molar-refractivity contribution is 0.730. The zero-order valence-corrected chi connectivity index (χ0v) is 10.3. The van der Waals surface area contributed by atoms with E-state index in [0.29, 0.717) is 17.8 Å². The first kappa shape index (κ1) is 11.0. The maximum Gasteiger partial charge on any atom is 0.252 e. The number of hydrogen-bond acceptors (Lipinski definition) is 5. The highest BCUT2D eigenvalue weighted by Gasteiger charge is 2.23. The van der Waals surface area contributed by atoms with Crippen LogP contribution in [-0.2, 0) is 0 Å². The van der Waals surface area contributed by atoms with E-state index in [1.165, 1.54) is 12.8 Å². The van der Waals surface area contributed by atoms with Crippen molar-refractivity contribution >= 4 is 11.5 Å². The third-order valence-electron chi connectivity index (χ3n) is 3.36. The Hall–Kier alpha value is -2.11. The normalized spacial score (nSPS) is 19.4. The minimum Gasteiger partial charge on any atom is -0.382 e. The molecule has 0 saturated carbocycles. The molecule has 3 rings (SSSR count). The van der Waals surface area contributed by atoms with Crippen molar-refractivity contribution < 1.29 is 0 Å². The van der Waals surface area contributed by atoms with Gasteiger partial charge in [0.1, 0.15) is 0 Å². The SMILES string of the molecule is CC1CCCN1c1cnc(-n2cccn2)nc1N. The average molecular weight is 244 g/mol. The Morgan fingerprint density at radius 3 is 2.94 bits per heavy atom. The van der Waals surface area contributed by atoms with Crippen LogP contribution in [0.1, 0.15) is 19.8 Å². The average Bonchev–Trinajstić information content (AvgIpc) is 3.00. The lowest BCUT2D eigenvalue weighted by Gasteiger charge is -2.24. The lowest BCUT2D eigenvalue weighted by Crippen LogP contribution is -2.27. The van der Waals surface area contributed by atoms with Crippen LogP contribution < -0.4 is 10.6 Å². The number of nitrogens with two attached hydrogens (primary N) is 1. The van der Waals surface area contributed by atoms with Crippen molar-refractivity contribution in [3.8, 4) is 5.95 Å². The molecule has 94 valence electrons. The van der Waals surface area contributed by atoms with Crippen LogP contribution in [0.15, 0.2) is 24.7 Å². The largest absolute Gasteiger partial charge is 0.382 e. The Bertz CT molecular complexity index is 536. The van der Waals surface area contributed by atoms with Crippen LogP contribution in [0.2, 0.25) is 0 Å². The number of rotatable bonds is 2. The van der Waals surface area contributed by atoms with Crippen molar-refractivity contribution in [3.63, 3.8) is 0 Å². The third kappa shape index (κ3) is 1.79. The Morgan fingerprint density at radius 2 is 2.33 bits per heavy atom. The Kier molecular flexibility index (Phi) is 2.62. The molecule has 1 atom stereocenters. The summed E-state index contributed by atoms with van der Waals surface area (Å²) in [6.45, 7) is 3.23. The van der Waals surface area contributed by atoms with E-state index in [4.69, 9.17) is 5.73 Å². The van der Waals surface area contributed by atoms with E-state index in [0.717, 1.165) is 12.2 Å². The fourth-order valence-corrected chi connectivity index (χ4v) is 2.39. The molecule has 1 unspecified atom stereocenters. The quantitative estimate of drug-likeness (QED) is 0.860. The molecule has 6 heteroatoms. The molecule has 1 aliphatic rings. The predicted molar refractivity (Wildman–Crippen MR) is 69.6 cm³/mol. The molecule has 0 aliphatic carbocycles. The number of anilines is 2. The molecule has 0 aromatic carbocycles. The lowest BCUT2D eigenvalue weighted by atomic mass is 10.2. The molecule has 6 nitrogen and oxygen atoms in total. The first-order valence-electron chi connectivity index (χ1n) is 6.15. The fourth-order valence-electron chi connectivity index (χ4n) is 2.39. The van der Waals surface area contributed by atoms with Crippen LogP contribution in [0.3, 0.4) is 0 Å². The van der Waals surface area contributed by atoms with Crippen molar-refractivity contribution in [3.05, 3.63) is 24.7 Å². The molecule has 1 saturated heterocycles. The zero-order chi connectivity index (χ0) is 12.5. The summed E-state index contributed by atoms with van der Waals surface area (Å²) in [6, 6.07) is 2.34. The van der Waals surface area contributed by atoms with Gasteiger partial charge >= 0.3 is 0 Å². The molecule has 2 N–H and O–H groups in total. The van der Waals surface area contributed by atoms with Gasteiger partial charge in [-0.05, 0) is 25.8 Å². The molecular formula is C12H16N6. The summed E-state index contributed by atoms with van der Waals surface area (Å²) < 4.78 is 1.60. The van der Waals surface area contributed by atoms with Crippen LogP contribution in [0.25, 0.3) is 5.95 Å². The molecule has 1 fully saturated rings. The number of nitrogen functional groups attached to an aromatic ring is 1. The van der Waals surface area contributed by atoms with Crippen molar-refractivity contribution in [1.82, 2.24) is 19.7 Å². The van der Waals surface area contributed by atoms with Crippen LogP contribution >= 0.6 is 0 Å². The second-order valence-corrected chi connectivity index (χ2v) is 4.58. The van der Waals surface area contributed by atoms with E-state index in [2.05, 4.69) is 26.9 Å². The summed E-state index contributed by atoms with van der Waals surface area (Å²) in [5, 5.41) is 4.09. The minimum atomic E-state index is 0.506. The van der Waals surface area contributed by atoms with Gasteiger partial charge in [-0.15, -0.1) is 0 Å². The summed E-state index contributed by atoms with van der Waals surface area (Å²) in [4.78, 5) is 10.9. The van der Waals surface area contributed by atoms with Gasteiger partial charge in [-0.3, -0.25) is 0 Å². The van der Waals surface area contributed by atoms with Crippen LogP contribution in [0, 0.1) is 0 Å². The van der Waals surface area contributed by atoms with Crippen LogP contribution in [0.4, 0.5) is 11.5 Å². The third-order valence-corrected chi connectivity index (χ3v) is 3.36. The number of aromatic nitrogens is 4. The van der Waals surface area contributed by atoms with Gasteiger partial charge in [-0.25, -0.2) is 9.67 Å². The first-order valence-corrected chi connectivity index (χ1v) is 6.15. The topological polar surface area (TPSA) is 72.9 Å². The van der Waals surface area contributed by atoms with Crippen molar-refractivity contribution in [2.45, 2.75) is 25.8 Å². The standard InChI is InChI=1S/C12H16N6/c1-9-4-2-6-17(9)10-8-14-12(16-11(10)13)18-7-3-5-15-18/h3,5,7-9H,2,4,6H2,1H3,(H2,13,14,16). The van der Waals surface area contributed by atoms with Gasteiger partial charge in [0.2, 0.25) is 0 Å². The first-order chi connectivity index (χ1) is 8.75. The highest BCUT2D eigenvalue weighted by atomic mass is 15.3. The molecule has 0 spiro atoms. The molecule has 18 heavy (non-hydrogen) atoms. The zero-order valence-electron chi connectivity index (χ0n) is 10.3. The maximum absolute atomic E-state index is 6.04. The summed E-state index contributed by atoms with van der Waals surface area (Å²) >= 11 is 0. The van der Waals surface area contributed by atoms with E-state index < -0.39 is 0 Å². The van der Waals surface area contributed by atoms with Crippen molar-refractivity contribution in [1.29, 1.82) is 0 Å². The van der Waals surface area contributed by atoms with Crippen LogP contribution in [-0.4, -0.2) is 32.3 Å².